The highest BCUT2D eigenvalue weighted by Crippen LogP contribution is 2.36. The molecule has 0 aliphatic carbocycles. The van der Waals surface area contributed by atoms with Gasteiger partial charge in [-0.2, -0.15) is 0 Å². The number of amides is 1. The Bertz CT molecular complexity index is 883. The lowest BCUT2D eigenvalue weighted by Gasteiger charge is -2.25. The van der Waals surface area contributed by atoms with Crippen LogP contribution in [0.1, 0.15) is 31.4 Å². The molecule has 0 heterocycles. The summed E-state index contributed by atoms with van der Waals surface area (Å²) in [7, 11) is 0. The van der Waals surface area contributed by atoms with Crippen molar-refractivity contribution in [2.75, 3.05) is 5.32 Å². The van der Waals surface area contributed by atoms with E-state index in [0.29, 0.717) is 24.1 Å². The number of aromatic hydroxyl groups is 1. The predicted molar refractivity (Wildman–Crippen MR) is 118 cm³/mol. The van der Waals surface area contributed by atoms with E-state index in [2.05, 4.69) is 37.2 Å². The highest BCUT2D eigenvalue weighted by molar-refractivity contribution is 9.10. The van der Waals surface area contributed by atoms with E-state index >= 15 is 0 Å². The number of carboxylic acid groups (broad SMARTS) is 1. The van der Waals surface area contributed by atoms with Crippen molar-refractivity contribution in [3.8, 4) is 5.75 Å². The maximum atomic E-state index is 12.5. The molecule has 0 saturated carbocycles. The van der Waals surface area contributed by atoms with Crippen LogP contribution in [0.15, 0.2) is 63.6 Å². The van der Waals surface area contributed by atoms with E-state index in [9.17, 15) is 14.7 Å². The predicted octanol–water partition coefficient (Wildman–Crippen LogP) is 6.26. The smallest absolute Gasteiger partial charge is 0.412 e. The second-order valence-corrected chi connectivity index (χ2v) is 8.29. The SMILES string of the molecule is C[C@@H](CC/C=C/C(=O)O)[C@H](OC(=O)Nc1ccc(Br)cc1)c1cc(Br)ccc1O. The number of ether oxygens (including phenoxy) is 1. The maximum Gasteiger partial charge on any atom is 0.412 e. The monoisotopic (exact) mass is 525 g/mol. The molecule has 0 aliphatic rings. The number of hydrogen-bond acceptors (Lipinski definition) is 4. The van der Waals surface area contributed by atoms with Gasteiger partial charge in [0.15, 0.2) is 0 Å². The molecule has 3 N–H and O–H groups in total. The summed E-state index contributed by atoms with van der Waals surface area (Å²) in [5.74, 6) is -1.17. The van der Waals surface area contributed by atoms with Gasteiger partial charge in [-0.15, -0.1) is 0 Å². The Morgan fingerprint density at radius 3 is 2.45 bits per heavy atom. The van der Waals surface area contributed by atoms with Gasteiger partial charge in [0.25, 0.3) is 0 Å². The lowest BCUT2D eigenvalue weighted by molar-refractivity contribution is -0.131. The zero-order chi connectivity index (χ0) is 21.4. The Hall–Kier alpha value is -2.32. The first-order valence-corrected chi connectivity index (χ1v) is 10.5. The minimum Gasteiger partial charge on any atom is -0.508 e. The van der Waals surface area contributed by atoms with Crippen molar-refractivity contribution >= 4 is 49.6 Å². The Morgan fingerprint density at radius 1 is 1.14 bits per heavy atom. The molecule has 29 heavy (non-hydrogen) atoms. The van der Waals surface area contributed by atoms with Gasteiger partial charge in [0.1, 0.15) is 11.9 Å². The van der Waals surface area contributed by atoms with Gasteiger partial charge in [-0.05, 0) is 61.2 Å². The van der Waals surface area contributed by atoms with E-state index in [0.717, 1.165) is 15.0 Å². The summed E-state index contributed by atoms with van der Waals surface area (Å²) in [4.78, 5) is 23.1. The number of anilines is 1. The number of benzene rings is 2. The van der Waals surface area contributed by atoms with Crippen LogP contribution in [0.25, 0.3) is 0 Å². The minimum absolute atomic E-state index is 0.0163. The van der Waals surface area contributed by atoms with Crippen LogP contribution in [0, 0.1) is 5.92 Å². The molecule has 8 heteroatoms. The summed E-state index contributed by atoms with van der Waals surface area (Å²) in [5.41, 5.74) is 1.05. The molecule has 0 unspecified atom stereocenters. The molecule has 0 aromatic heterocycles. The number of phenolic OH excluding ortho intramolecular Hbond substituents is 1. The molecular formula is C21H21Br2NO5. The summed E-state index contributed by atoms with van der Waals surface area (Å²) in [6, 6.07) is 12.0. The number of carbonyl (C=O) groups is 2. The Labute approximate surface area is 185 Å². The fourth-order valence-corrected chi connectivity index (χ4v) is 3.37. The van der Waals surface area contributed by atoms with Gasteiger partial charge >= 0.3 is 12.1 Å². The summed E-state index contributed by atoms with van der Waals surface area (Å²) < 4.78 is 7.29. The van der Waals surface area contributed by atoms with Gasteiger partial charge < -0.3 is 14.9 Å². The molecule has 0 fully saturated rings. The van der Waals surface area contributed by atoms with Crippen molar-refractivity contribution in [2.45, 2.75) is 25.9 Å². The summed E-state index contributed by atoms with van der Waals surface area (Å²) in [6.45, 7) is 1.88. The molecular weight excluding hydrogens is 506 g/mol. The fraction of sp³-hybridized carbons (Fsp3) is 0.238. The maximum absolute atomic E-state index is 12.5. The van der Waals surface area contributed by atoms with Crippen molar-refractivity contribution in [3.63, 3.8) is 0 Å². The molecule has 154 valence electrons. The average molecular weight is 527 g/mol. The largest absolute Gasteiger partial charge is 0.508 e. The Kier molecular flexibility index (Phi) is 8.72. The normalized spacial score (nSPS) is 13.1. The zero-order valence-corrected chi connectivity index (χ0v) is 18.8. The Morgan fingerprint density at radius 2 is 1.79 bits per heavy atom. The van der Waals surface area contributed by atoms with Gasteiger partial charge in [-0.3, -0.25) is 5.32 Å². The van der Waals surface area contributed by atoms with Crippen molar-refractivity contribution in [2.24, 2.45) is 5.92 Å². The van der Waals surface area contributed by atoms with Crippen LogP contribution in [0.5, 0.6) is 5.75 Å². The van der Waals surface area contributed by atoms with Crippen LogP contribution in [-0.4, -0.2) is 22.3 Å². The molecule has 2 aromatic carbocycles. The Balaban J connectivity index is 2.17. The van der Waals surface area contributed by atoms with E-state index < -0.39 is 18.2 Å². The molecule has 0 radical (unpaired) electrons. The molecule has 0 bridgehead atoms. The summed E-state index contributed by atoms with van der Waals surface area (Å²) in [5, 5.41) is 21.7. The summed E-state index contributed by atoms with van der Waals surface area (Å²) >= 11 is 6.71. The second kappa shape index (κ2) is 11.0. The van der Waals surface area contributed by atoms with Gasteiger partial charge in [-0.1, -0.05) is 44.9 Å². The number of nitrogens with one attached hydrogen (secondary N) is 1. The van der Waals surface area contributed by atoms with Crippen molar-refractivity contribution < 1.29 is 24.5 Å². The van der Waals surface area contributed by atoms with Crippen LogP contribution in [0.2, 0.25) is 0 Å². The molecule has 2 atom stereocenters. The van der Waals surface area contributed by atoms with Crippen LogP contribution < -0.4 is 5.32 Å². The molecule has 1 amide bonds. The summed E-state index contributed by atoms with van der Waals surface area (Å²) in [6.07, 6.45) is 2.33. The van der Waals surface area contributed by atoms with E-state index in [4.69, 9.17) is 9.84 Å². The molecule has 0 aliphatic heterocycles. The molecule has 0 saturated heterocycles. The van der Waals surface area contributed by atoms with E-state index in [1.807, 2.05) is 6.92 Å². The quantitative estimate of drug-likeness (QED) is 0.352. The van der Waals surface area contributed by atoms with Gasteiger partial charge in [0.05, 0.1) is 0 Å². The first-order valence-electron chi connectivity index (χ1n) is 8.87. The number of hydrogen-bond donors (Lipinski definition) is 3. The fourth-order valence-electron chi connectivity index (χ4n) is 2.73. The lowest BCUT2D eigenvalue weighted by atomic mass is 9.92. The second-order valence-electron chi connectivity index (χ2n) is 6.46. The van der Waals surface area contributed by atoms with Crippen LogP contribution in [-0.2, 0) is 9.53 Å². The number of carboxylic acids is 1. The third-order valence-electron chi connectivity index (χ3n) is 4.19. The highest BCUT2D eigenvalue weighted by atomic mass is 79.9. The molecule has 6 nitrogen and oxygen atoms in total. The van der Waals surface area contributed by atoms with E-state index in [1.54, 1.807) is 42.5 Å². The van der Waals surface area contributed by atoms with Crippen molar-refractivity contribution in [1.29, 1.82) is 0 Å². The minimum atomic E-state index is -1.01. The first-order chi connectivity index (χ1) is 13.8. The average Bonchev–Trinajstić information content (AvgIpc) is 2.67. The van der Waals surface area contributed by atoms with Crippen LogP contribution in [0.3, 0.4) is 0 Å². The lowest BCUT2D eigenvalue weighted by Crippen LogP contribution is -2.22. The van der Waals surface area contributed by atoms with Crippen LogP contribution in [0.4, 0.5) is 10.5 Å². The van der Waals surface area contributed by atoms with Gasteiger partial charge in [0.2, 0.25) is 0 Å². The third kappa shape index (κ3) is 7.55. The highest BCUT2D eigenvalue weighted by Gasteiger charge is 2.26. The molecule has 0 spiro atoms. The van der Waals surface area contributed by atoms with E-state index in [-0.39, 0.29) is 11.7 Å². The van der Waals surface area contributed by atoms with Crippen molar-refractivity contribution in [3.05, 3.63) is 69.1 Å². The standard InChI is InChI=1S/C21H21Br2NO5/c1-13(4-2-3-5-19(26)27)20(17-12-15(23)8-11-18(17)25)29-21(28)24-16-9-6-14(22)7-10-16/h3,5-13,20,25H,2,4H2,1H3,(H,24,28)(H,26,27)/b5-3+/t13-,20-/m0/s1. The third-order valence-corrected chi connectivity index (χ3v) is 5.21. The topological polar surface area (TPSA) is 95.9 Å². The van der Waals surface area contributed by atoms with Gasteiger partial charge in [-0.25, -0.2) is 9.59 Å². The first kappa shape index (κ1) is 23.0. The number of aliphatic carboxylic acids is 1. The number of carbonyl (C=O) groups excluding carboxylic acids is 1. The van der Waals surface area contributed by atoms with E-state index in [1.165, 1.54) is 6.07 Å². The van der Waals surface area contributed by atoms with Crippen molar-refractivity contribution in [1.82, 2.24) is 0 Å². The zero-order valence-electron chi connectivity index (χ0n) is 15.6. The number of phenols is 1. The van der Waals surface area contributed by atoms with Crippen LogP contribution >= 0.6 is 31.9 Å². The van der Waals surface area contributed by atoms with Gasteiger partial charge in [0, 0.05) is 26.3 Å². The number of halogens is 2. The number of allylic oxidation sites excluding steroid dienone is 1. The molecule has 2 rings (SSSR count). The number of rotatable bonds is 8. The molecule has 2 aromatic rings.